The van der Waals surface area contributed by atoms with E-state index in [0.29, 0.717) is 24.1 Å². The molecule has 1 aromatic heterocycles. The fourth-order valence-electron chi connectivity index (χ4n) is 1.65. The molecule has 0 aliphatic heterocycles. The van der Waals surface area contributed by atoms with Gasteiger partial charge in [0.1, 0.15) is 12.4 Å². The lowest BCUT2D eigenvalue weighted by Gasteiger charge is -2.09. The van der Waals surface area contributed by atoms with Gasteiger partial charge in [0.05, 0.1) is 11.4 Å². The first-order chi connectivity index (χ1) is 8.70. The third-order valence-electron chi connectivity index (χ3n) is 3.00. The van der Waals surface area contributed by atoms with Crippen LogP contribution in [0.5, 0.6) is 5.75 Å². The van der Waals surface area contributed by atoms with Crippen LogP contribution in [0.25, 0.3) is 0 Å². The van der Waals surface area contributed by atoms with Gasteiger partial charge in [0.25, 0.3) is 0 Å². The summed E-state index contributed by atoms with van der Waals surface area (Å²) in [5.41, 5.74) is 7.38. The first-order valence-corrected chi connectivity index (χ1v) is 6.22. The SMILES string of the molecule is CCC(C)n1ccc(COc2ccccc2N)n1. The van der Waals surface area contributed by atoms with Gasteiger partial charge in [0.2, 0.25) is 0 Å². The van der Waals surface area contributed by atoms with Crippen LogP contribution in [-0.2, 0) is 6.61 Å². The molecular formula is C14H19N3O. The van der Waals surface area contributed by atoms with E-state index in [9.17, 15) is 0 Å². The number of hydrogen-bond donors (Lipinski definition) is 1. The molecule has 0 saturated heterocycles. The second-order valence-electron chi connectivity index (χ2n) is 4.37. The standard InChI is InChI=1S/C14H19N3O/c1-3-11(2)17-9-8-12(16-17)10-18-14-7-5-4-6-13(14)15/h4-9,11H,3,10,15H2,1-2H3. The number of nitrogens with zero attached hydrogens (tertiary/aromatic N) is 2. The molecule has 96 valence electrons. The Morgan fingerprint density at radius 2 is 2.11 bits per heavy atom. The fraction of sp³-hybridized carbons (Fsp3) is 0.357. The second-order valence-corrected chi connectivity index (χ2v) is 4.37. The Hall–Kier alpha value is -1.97. The maximum absolute atomic E-state index is 5.81. The predicted molar refractivity (Wildman–Crippen MR) is 72.4 cm³/mol. The van der Waals surface area contributed by atoms with Crippen molar-refractivity contribution in [3.63, 3.8) is 0 Å². The number of aromatic nitrogens is 2. The highest BCUT2D eigenvalue weighted by molar-refractivity contribution is 5.51. The molecule has 0 spiro atoms. The van der Waals surface area contributed by atoms with Gasteiger partial charge < -0.3 is 10.5 Å². The molecule has 2 aromatic rings. The van der Waals surface area contributed by atoms with Crippen LogP contribution >= 0.6 is 0 Å². The van der Waals surface area contributed by atoms with Gasteiger partial charge in [-0.1, -0.05) is 19.1 Å². The molecule has 18 heavy (non-hydrogen) atoms. The van der Waals surface area contributed by atoms with Gasteiger partial charge in [0, 0.05) is 12.2 Å². The van der Waals surface area contributed by atoms with Crippen LogP contribution < -0.4 is 10.5 Å². The van der Waals surface area contributed by atoms with Crippen LogP contribution in [-0.4, -0.2) is 9.78 Å². The van der Waals surface area contributed by atoms with Gasteiger partial charge in [-0.2, -0.15) is 5.10 Å². The van der Waals surface area contributed by atoms with E-state index in [1.165, 1.54) is 0 Å². The van der Waals surface area contributed by atoms with E-state index in [0.717, 1.165) is 12.1 Å². The first kappa shape index (κ1) is 12.5. The smallest absolute Gasteiger partial charge is 0.142 e. The second kappa shape index (κ2) is 5.58. The maximum Gasteiger partial charge on any atom is 0.142 e. The Morgan fingerprint density at radius 3 is 2.83 bits per heavy atom. The van der Waals surface area contributed by atoms with Crippen LogP contribution in [0, 0.1) is 0 Å². The van der Waals surface area contributed by atoms with Crippen molar-refractivity contribution in [3.05, 3.63) is 42.2 Å². The third kappa shape index (κ3) is 2.83. The average molecular weight is 245 g/mol. The molecule has 0 aliphatic carbocycles. The molecule has 1 heterocycles. The quantitative estimate of drug-likeness (QED) is 0.824. The lowest BCUT2D eigenvalue weighted by atomic mass is 10.3. The Bertz CT molecular complexity index is 507. The van der Waals surface area contributed by atoms with Gasteiger partial charge in [-0.15, -0.1) is 0 Å². The van der Waals surface area contributed by atoms with Crippen LogP contribution in [0.3, 0.4) is 0 Å². The monoisotopic (exact) mass is 245 g/mol. The normalized spacial score (nSPS) is 12.3. The van der Waals surface area contributed by atoms with E-state index in [1.807, 2.05) is 41.2 Å². The number of rotatable bonds is 5. The van der Waals surface area contributed by atoms with Gasteiger partial charge in [-0.25, -0.2) is 0 Å². The third-order valence-corrected chi connectivity index (χ3v) is 3.00. The minimum atomic E-state index is 0.417. The molecule has 0 saturated carbocycles. The Kier molecular flexibility index (Phi) is 3.87. The topological polar surface area (TPSA) is 53.1 Å². The largest absolute Gasteiger partial charge is 0.485 e. The summed E-state index contributed by atoms with van der Waals surface area (Å²) in [6.45, 7) is 4.73. The molecule has 2 N–H and O–H groups in total. The summed E-state index contributed by atoms with van der Waals surface area (Å²) in [5.74, 6) is 0.704. The molecule has 1 unspecified atom stereocenters. The molecule has 4 nitrogen and oxygen atoms in total. The van der Waals surface area contributed by atoms with Crippen molar-refractivity contribution >= 4 is 5.69 Å². The van der Waals surface area contributed by atoms with Crippen molar-refractivity contribution in [2.75, 3.05) is 5.73 Å². The van der Waals surface area contributed by atoms with Crippen molar-refractivity contribution in [2.45, 2.75) is 32.9 Å². The zero-order valence-corrected chi connectivity index (χ0v) is 10.8. The number of nitrogens with two attached hydrogens (primary N) is 1. The number of ether oxygens (including phenoxy) is 1. The molecule has 1 aromatic carbocycles. The molecule has 4 heteroatoms. The number of benzene rings is 1. The summed E-state index contributed by atoms with van der Waals surface area (Å²) in [4.78, 5) is 0. The van der Waals surface area contributed by atoms with Crippen LogP contribution in [0.1, 0.15) is 32.0 Å². The molecule has 0 radical (unpaired) electrons. The van der Waals surface area contributed by atoms with E-state index >= 15 is 0 Å². The first-order valence-electron chi connectivity index (χ1n) is 6.22. The van der Waals surface area contributed by atoms with Crippen LogP contribution in [0.4, 0.5) is 5.69 Å². The fourth-order valence-corrected chi connectivity index (χ4v) is 1.65. The van der Waals surface area contributed by atoms with Crippen molar-refractivity contribution in [2.24, 2.45) is 0 Å². The Labute approximate surface area is 107 Å². The van der Waals surface area contributed by atoms with E-state index < -0.39 is 0 Å². The van der Waals surface area contributed by atoms with Crippen molar-refractivity contribution in [1.82, 2.24) is 9.78 Å². The molecule has 0 bridgehead atoms. The zero-order valence-electron chi connectivity index (χ0n) is 10.8. The number of nitrogen functional groups attached to an aromatic ring is 1. The Morgan fingerprint density at radius 1 is 1.33 bits per heavy atom. The van der Waals surface area contributed by atoms with Crippen molar-refractivity contribution in [1.29, 1.82) is 0 Å². The number of anilines is 1. The summed E-state index contributed by atoms with van der Waals surface area (Å²) in [5, 5.41) is 4.48. The molecular weight excluding hydrogens is 226 g/mol. The highest BCUT2D eigenvalue weighted by atomic mass is 16.5. The minimum absolute atomic E-state index is 0.417. The summed E-state index contributed by atoms with van der Waals surface area (Å²) < 4.78 is 7.61. The maximum atomic E-state index is 5.81. The van der Waals surface area contributed by atoms with Crippen molar-refractivity contribution in [3.8, 4) is 5.75 Å². The van der Waals surface area contributed by atoms with E-state index in [4.69, 9.17) is 10.5 Å². The highest BCUT2D eigenvalue weighted by Gasteiger charge is 2.05. The highest BCUT2D eigenvalue weighted by Crippen LogP contribution is 2.20. The van der Waals surface area contributed by atoms with Gasteiger partial charge in [-0.3, -0.25) is 4.68 Å². The molecule has 2 rings (SSSR count). The van der Waals surface area contributed by atoms with Crippen LogP contribution in [0.2, 0.25) is 0 Å². The van der Waals surface area contributed by atoms with Gasteiger partial charge >= 0.3 is 0 Å². The lowest BCUT2D eigenvalue weighted by Crippen LogP contribution is -2.06. The van der Waals surface area contributed by atoms with Crippen molar-refractivity contribution < 1.29 is 4.74 Å². The van der Waals surface area contributed by atoms with E-state index in [-0.39, 0.29) is 0 Å². The molecule has 0 aliphatic rings. The lowest BCUT2D eigenvalue weighted by molar-refractivity contribution is 0.300. The van der Waals surface area contributed by atoms with Gasteiger partial charge in [0.15, 0.2) is 0 Å². The van der Waals surface area contributed by atoms with E-state index in [1.54, 1.807) is 0 Å². The van der Waals surface area contributed by atoms with Crippen LogP contribution in [0.15, 0.2) is 36.5 Å². The molecule has 0 amide bonds. The number of para-hydroxylation sites is 2. The summed E-state index contributed by atoms with van der Waals surface area (Å²) in [6.07, 6.45) is 3.05. The summed E-state index contributed by atoms with van der Waals surface area (Å²) >= 11 is 0. The Balaban J connectivity index is 1.98. The number of hydrogen-bond acceptors (Lipinski definition) is 3. The average Bonchev–Trinajstić information content (AvgIpc) is 2.86. The minimum Gasteiger partial charge on any atom is -0.485 e. The molecule has 1 atom stereocenters. The summed E-state index contributed by atoms with van der Waals surface area (Å²) in [6, 6.07) is 9.88. The van der Waals surface area contributed by atoms with Gasteiger partial charge in [-0.05, 0) is 31.5 Å². The van der Waals surface area contributed by atoms with E-state index in [2.05, 4.69) is 18.9 Å². The zero-order chi connectivity index (χ0) is 13.0. The summed E-state index contributed by atoms with van der Waals surface area (Å²) in [7, 11) is 0. The predicted octanol–water partition coefficient (Wildman–Crippen LogP) is 3.02. The molecule has 0 fully saturated rings.